The van der Waals surface area contributed by atoms with Gasteiger partial charge in [0.25, 0.3) is 0 Å². The maximum Gasteiger partial charge on any atom is 0.156 e. The third-order valence-corrected chi connectivity index (χ3v) is 8.34. The standard InChI is InChI=1S/C16H22N4O2S2/c1-11-12(2)23-16-14(11)15(17-10-18-16)20-6-4-19(5-7-20)13-3-8-24(21,22)9-13/h10,13H,3-9H2,1-2H3/p+1/t13-/m1/s1. The van der Waals surface area contributed by atoms with Crippen LogP contribution in [0.15, 0.2) is 6.33 Å². The molecule has 8 heteroatoms. The van der Waals surface area contributed by atoms with E-state index in [-0.39, 0.29) is 6.04 Å². The average Bonchev–Trinajstić information content (AvgIpc) is 3.07. The smallest absolute Gasteiger partial charge is 0.156 e. The molecule has 4 heterocycles. The third kappa shape index (κ3) is 2.80. The summed E-state index contributed by atoms with van der Waals surface area (Å²) >= 11 is 1.73. The first kappa shape index (κ1) is 16.2. The Labute approximate surface area is 146 Å². The van der Waals surface area contributed by atoms with Gasteiger partial charge in [0.05, 0.1) is 37.3 Å². The van der Waals surface area contributed by atoms with Gasteiger partial charge >= 0.3 is 0 Å². The summed E-state index contributed by atoms with van der Waals surface area (Å²) in [6.07, 6.45) is 2.48. The second kappa shape index (κ2) is 5.93. The SMILES string of the molecule is Cc1sc2ncnc(N3CC[NH+]([C@@H]4CCS(=O)(=O)C4)CC3)c2c1C. The summed E-state index contributed by atoms with van der Waals surface area (Å²) in [6, 6.07) is 0.285. The van der Waals surface area contributed by atoms with Gasteiger partial charge in [0, 0.05) is 11.3 Å². The van der Waals surface area contributed by atoms with Crippen LogP contribution < -0.4 is 9.80 Å². The molecule has 0 aromatic carbocycles. The lowest BCUT2D eigenvalue weighted by Crippen LogP contribution is -3.18. The fourth-order valence-corrected chi connectivity index (χ4v) is 6.75. The Morgan fingerprint density at radius 3 is 2.67 bits per heavy atom. The number of sulfone groups is 1. The average molecular weight is 368 g/mol. The van der Waals surface area contributed by atoms with E-state index >= 15 is 0 Å². The van der Waals surface area contributed by atoms with Crippen molar-refractivity contribution in [1.29, 1.82) is 0 Å². The fraction of sp³-hybridized carbons (Fsp3) is 0.625. The van der Waals surface area contributed by atoms with Gasteiger partial charge in [0.1, 0.15) is 28.8 Å². The molecule has 0 unspecified atom stereocenters. The van der Waals surface area contributed by atoms with Crippen molar-refractivity contribution >= 4 is 37.2 Å². The summed E-state index contributed by atoms with van der Waals surface area (Å²) in [6.45, 7) is 8.08. The Kier molecular flexibility index (Phi) is 4.01. The minimum absolute atomic E-state index is 0.285. The van der Waals surface area contributed by atoms with Crippen LogP contribution in [0, 0.1) is 13.8 Å². The minimum Gasteiger partial charge on any atom is -0.345 e. The molecule has 2 aromatic heterocycles. The minimum atomic E-state index is -2.80. The van der Waals surface area contributed by atoms with E-state index in [0.29, 0.717) is 11.5 Å². The normalized spacial score (nSPS) is 24.8. The van der Waals surface area contributed by atoms with Gasteiger partial charge in [-0.2, -0.15) is 0 Å². The zero-order valence-electron chi connectivity index (χ0n) is 14.1. The lowest BCUT2D eigenvalue weighted by Gasteiger charge is -2.35. The Morgan fingerprint density at radius 1 is 1.25 bits per heavy atom. The molecule has 0 radical (unpaired) electrons. The molecule has 1 atom stereocenters. The Bertz CT molecular complexity index is 870. The molecule has 24 heavy (non-hydrogen) atoms. The van der Waals surface area contributed by atoms with Crippen LogP contribution in [0.5, 0.6) is 0 Å². The highest BCUT2D eigenvalue weighted by atomic mass is 32.2. The van der Waals surface area contributed by atoms with E-state index in [2.05, 4.69) is 28.7 Å². The van der Waals surface area contributed by atoms with Crippen molar-refractivity contribution < 1.29 is 13.3 Å². The van der Waals surface area contributed by atoms with E-state index in [4.69, 9.17) is 0 Å². The van der Waals surface area contributed by atoms with Gasteiger partial charge < -0.3 is 9.80 Å². The number of aryl methyl sites for hydroxylation is 2. The summed E-state index contributed by atoms with van der Waals surface area (Å²) in [5.41, 5.74) is 1.28. The number of thiophene rings is 1. The molecule has 0 aliphatic carbocycles. The summed E-state index contributed by atoms with van der Waals surface area (Å²) in [5.74, 6) is 1.77. The zero-order chi connectivity index (χ0) is 16.9. The zero-order valence-corrected chi connectivity index (χ0v) is 15.7. The number of rotatable bonds is 2. The lowest BCUT2D eigenvalue weighted by atomic mass is 10.1. The number of fused-ring (bicyclic) bond motifs is 1. The van der Waals surface area contributed by atoms with Gasteiger partial charge in [-0.1, -0.05) is 0 Å². The number of aromatic nitrogens is 2. The molecule has 0 saturated carbocycles. The van der Waals surface area contributed by atoms with Crippen LogP contribution in [0.3, 0.4) is 0 Å². The van der Waals surface area contributed by atoms with Crippen molar-refractivity contribution in [2.24, 2.45) is 0 Å². The Balaban J connectivity index is 1.52. The van der Waals surface area contributed by atoms with Crippen molar-refractivity contribution in [1.82, 2.24) is 9.97 Å². The van der Waals surface area contributed by atoms with Gasteiger partial charge in [0.2, 0.25) is 0 Å². The van der Waals surface area contributed by atoms with E-state index in [1.807, 2.05) is 0 Å². The Hall–Kier alpha value is -1.25. The highest BCUT2D eigenvalue weighted by molar-refractivity contribution is 7.91. The number of anilines is 1. The third-order valence-electron chi connectivity index (χ3n) is 5.46. The monoisotopic (exact) mass is 367 g/mol. The van der Waals surface area contributed by atoms with Gasteiger partial charge in [-0.25, -0.2) is 18.4 Å². The summed E-state index contributed by atoms with van der Waals surface area (Å²) in [7, 11) is -2.80. The predicted octanol–water partition coefficient (Wildman–Crippen LogP) is 0.200. The van der Waals surface area contributed by atoms with Gasteiger partial charge in [-0.15, -0.1) is 11.3 Å². The molecule has 2 aliphatic heterocycles. The van der Waals surface area contributed by atoms with Crippen molar-refractivity contribution in [2.75, 3.05) is 42.6 Å². The second-order valence-electron chi connectivity index (χ2n) is 6.91. The number of hydrogen-bond acceptors (Lipinski definition) is 6. The maximum atomic E-state index is 11.7. The number of hydrogen-bond donors (Lipinski definition) is 1. The topological polar surface area (TPSA) is 67.6 Å². The molecule has 1 N–H and O–H groups in total. The molecular weight excluding hydrogens is 344 g/mol. The van der Waals surface area contributed by atoms with Crippen LogP contribution in [0.2, 0.25) is 0 Å². The van der Waals surface area contributed by atoms with Crippen LogP contribution >= 0.6 is 11.3 Å². The van der Waals surface area contributed by atoms with Crippen LogP contribution in [0.4, 0.5) is 5.82 Å². The van der Waals surface area contributed by atoms with E-state index in [1.54, 1.807) is 17.7 Å². The summed E-state index contributed by atoms with van der Waals surface area (Å²) in [5, 5.41) is 1.19. The first-order chi connectivity index (χ1) is 11.4. The van der Waals surface area contributed by atoms with E-state index in [9.17, 15) is 8.42 Å². The van der Waals surface area contributed by atoms with Crippen LogP contribution in [0.1, 0.15) is 16.9 Å². The summed E-state index contributed by atoms with van der Waals surface area (Å²) in [4.78, 5) is 15.1. The second-order valence-corrected chi connectivity index (χ2v) is 10.3. The highest BCUT2D eigenvalue weighted by Crippen LogP contribution is 2.34. The molecule has 0 amide bonds. The number of nitrogens with zero attached hydrogens (tertiary/aromatic N) is 3. The highest BCUT2D eigenvalue weighted by Gasteiger charge is 2.37. The largest absolute Gasteiger partial charge is 0.345 e. The van der Waals surface area contributed by atoms with E-state index in [0.717, 1.165) is 43.2 Å². The molecule has 4 rings (SSSR count). The van der Waals surface area contributed by atoms with Crippen molar-refractivity contribution in [2.45, 2.75) is 26.3 Å². The number of nitrogens with one attached hydrogen (secondary N) is 1. The molecule has 2 saturated heterocycles. The fourth-order valence-electron chi connectivity index (χ4n) is 3.93. The lowest BCUT2D eigenvalue weighted by molar-refractivity contribution is -0.922. The molecule has 0 spiro atoms. The first-order valence-corrected chi connectivity index (χ1v) is 11.1. The molecule has 2 aliphatic rings. The molecule has 130 valence electrons. The molecule has 2 aromatic rings. The molecular formula is C16H23N4O2S2+. The maximum absolute atomic E-state index is 11.7. The van der Waals surface area contributed by atoms with Crippen molar-refractivity contribution in [3.8, 4) is 0 Å². The van der Waals surface area contributed by atoms with Gasteiger partial charge in [-0.05, 0) is 19.4 Å². The number of piperazine rings is 1. The molecule has 6 nitrogen and oxygen atoms in total. The first-order valence-electron chi connectivity index (χ1n) is 8.45. The molecule has 2 fully saturated rings. The van der Waals surface area contributed by atoms with Gasteiger partial charge in [0.15, 0.2) is 9.84 Å². The number of quaternary nitrogens is 1. The van der Waals surface area contributed by atoms with Crippen LogP contribution in [-0.4, -0.2) is 62.1 Å². The van der Waals surface area contributed by atoms with Crippen LogP contribution in [0.25, 0.3) is 10.2 Å². The van der Waals surface area contributed by atoms with Crippen LogP contribution in [-0.2, 0) is 9.84 Å². The quantitative estimate of drug-likeness (QED) is 0.821. The predicted molar refractivity (Wildman–Crippen MR) is 96.9 cm³/mol. The van der Waals surface area contributed by atoms with Gasteiger partial charge in [-0.3, -0.25) is 0 Å². The Morgan fingerprint density at radius 2 is 2.00 bits per heavy atom. The molecule has 0 bridgehead atoms. The summed E-state index contributed by atoms with van der Waals surface area (Å²) < 4.78 is 23.4. The van der Waals surface area contributed by atoms with E-state index in [1.165, 1.54) is 20.7 Å². The van der Waals surface area contributed by atoms with Crippen molar-refractivity contribution in [3.63, 3.8) is 0 Å². The van der Waals surface area contributed by atoms with E-state index < -0.39 is 9.84 Å². The van der Waals surface area contributed by atoms with Crippen molar-refractivity contribution in [3.05, 3.63) is 16.8 Å².